The van der Waals surface area contributed by atoms with E-state index in [9.17, 15) is 9.18 Å². The van der Waals surface area contributed by atoms with Gasteiger partial charge in [0.2, 0.25) is 5.91 Å². The van der Waals surface area contributed by atoms with Crippen LogP contribution < -0.4 is 5.32 Å². The SMILES string of the molecule is CC(C)n1nnnc1CSCC(=O)Nc1cnn(Cc2cccc(F)c2)c1. The second-order valence-electron chi connectivity index (χ2n) is 6.23. The van der Waals surface area contributed by atoms with Gasteiger partial charge in [0.05, 0.1) is 36.0 Å². The van der Waals surface area contributed by atoms with Gasteiger partial charge >= 0.3 is 0 Å². The lowest BCUT2D eigenvalue weighted by atomic mass is 10.2. The lowest BCUT2D eigenvalue weighted by molar-refractivity contribution is -0.113. The summed E-state index contributed by atoms with van der Waals surface area (Å²) in [7, 11) is 0. The number of hydrogen-bond acceptors (Lipinski definition) is 6. The molecule has 0 spiro atoms. The molecule has 0 radical (unpaired) electrons. The molecule has 0 aliphatic carbocycles. The lowest BCUT2D eigenvalue weighted by Gasteiger charge is -2.07. The van der Waals surface area contributed by atoms with Gasteiger partial charge in [0, 0.05) is 6.20 Å². The van der Waals surface area contributed by atoms with E-state index in [1.807, 2.05) is 19.9 Å². The summed E-state index contributed by atoms with van der Waals surface area (Å²) in [4.78, 5) is 12.1. The fourth-order valence-corrected chi connectivity index (χ4v) is 3.21. The van der Waals surface area contributed by atoms with E-state index in [0.717, 1.165) is 11.4 Å². The summed E-state index contributed by atoms with van der Waals surface area (Å²) in [6, 6.07) is 6.51. The number of nitrogens with zero attached hydrogens (tertiary/aromatic N) is 6. The molecule has 0 aliphatic heterocycles. The van der Waals surface area contributed by atoms with E-state index >= 15 is 0 Å². The van der Waals surface area contributed by atoms with Gasteiger partial charge < -0.3 is 5.32 Å². The van der Waals surface area contributed by atoms with Crippen LogP contribution in [0.5, 0.6) is 0 Å². The zero-order chi connectivity index (χ0) is 19.2. The molecule has 0 unspecified atom stereocenters. The van der Waals surface area contributed by atoms with Crippen LogP contribution in [0.4, 0.5) is 10.1 Å². The molecule has 1 aromatic carbocycles. The number of tetrazole rings is 1. The number of rotatable bonds is 8. The van der Waals surface area contributed by atoms with Crippen molar-refractivity contribution in [1.29, 1.82) is 0 Å². The molecular weight excluding hydrogens is 369 g/mol. The van der Waals surface area contributed by atoms with Gasteiger partial charge in [-0.2, -0.15) is 5.10 Å². The van der Waals surface area contributed by atoms with Gasteiger partial charge in [0.1, 0.15) is 5.82 Å². The average Bonchev–Trinajstić information content (AvgIpc) is 3.24. The first kappa shape index (κ1) is 19.0. The summed E-state index contributed by atoms with van der Waals surface area (Å²) in [6.07, 6.45) is 3.29. The Morgan fingerprint density at radius 1 is 1.37 bits per heavy atom. The number of hydrogen-bond donors (Lipinski definition) is 1. The van der Waals surface area contributed by atoms with Crippen LogP contribution in [0.1, 0.15) is 31.3 Å². The van der Waals surface area contributed by atoms with Crippen LogP contribution in [0.25, 0.3) is 0 Å². The van der Waals surface area contributed by atoms with Crippen LogP contribution in [0, 0.1) is 5.82 Å². The fourth-order valence-electron chi connectivity index (χ4n) is 2.48. The molecule has 3 aromatic rings. The Bertz CT molecular complexity index is 908. The highest BCUT2D eigenvalue weighted by Crippen LogP contribution is 2.14. The first-order chi connectivity index (χ1) is 13.0. The molecule has 10 heteroatoms. The fraction of sp³-hybridized carbons (Fsp3) is 0.353. The van der Waals surface area contributed by atoms with Gasteiger partial charge in [-0.3, -0.25) is 9.48 Å². The maximum Gasteiger partial charge on any atom is 0.234 e. The first-order valence-corrected chi connectivity index (χ1v) is 9.58. The minimum absolute atomic E-state index is 0.131. The van der Waals surface area contributed by atoms with Crippen LogP contribution in [-0.2, 0) is 17.1 Å². The summed E-state index contributed by atoms with van der Waals surface area (Å²) in [5.41, 5.74) is 1.40. The number of thioether (sulfide) groups is 1. The zero-order valence-corrected chi connectivity index (χ0v) is 15.9. The van der Waals surface area contributed by atoms with Crippen LogP contribution in [-0.4, -0.2) is 41.6 Å². The molecule has 1 N–H and O–H groups in total. The van der Waals surface area contributed by atoms with Crippen LogP contribution >= 0.6 is 11.8 Å². The number of carbonyl (C=O) groups excluding carboxylic acids is 1. The van der Waals surface area contributed by atoms with Crippen molar-refractivity contribution in [3.05, 3.63) is 53.9 Å². The van der Waals surface area contributed by atoms with E-state index in [1.54, 1.807) is 27.8 Å². The van der Waals surface area contributed by atoms with E-state index in [4.69, 9.17) is 0 Å². The van der Waals surface area contributed by atoms with Crippen molar-refractivity contribution in [2.24, 2.45) is 0 Å². The molecule has 0 bridgehead atoms. The normalized spacial score (nSPS) is 11.1. The van der Waals surface area contributed by atoms with E-state index in [0.29, 0.717) is 18.0 Å². The molecule has 0 aliphatic rings. The van der Waals surface area contributed by atoms with Crippen molar-refractivity contribution in [3.8, 4) is 0 Å². The van der Waals surface area contributed by atoms with Gasteiger partial charge in [-0.1, -0.05) is 12.1 Å². The molecule has 142 valence electrons. The third-order valence-electron chi connectivity index (χ3n) is 3.67. The maximum absolute atomic E-state index is 13.2. The Morgan fingerprint density at radius 3 is 3.00 bits per heavy atom. The molecule has 2 aromatic heterocycles. The van der Waals surface area contributed by atoms with Gasteiger partial charge in [-0.15, -0.1) is 16.9 Å². The highest BCUT2D eigenvalue weighted by atomic mass is 32.2. The molecule has 2 heterocycles. The van der Waals surface area contributed by atoms with E-state index in [2.05, 4.69) is 25.9 Å². The van der Waals surface area contributed by atoms with E-state index in [-0.39, 0.29) is 23.5 Å². The Morgan fingerprint density at radius 2 is 2.22 bits per heavy atom. The molecule has 0 fully saturated rings. The smallest absolute Gasteiger partial charge is 0.234 e. The standard InChI is InChI=1S/C17H20FN7OS/c1-12(2)25-16(21-22-23-25)10-27-11-17(26)20-15-7-19-24(9-15)8-13-4-3-5-14(18)6-13/h3-7,9,12H,8,10-11H2,1-2H3,(H,20,26). The number of benzene rings is 1. The molecular formula is C17H20FN7OS. The minimum Gasteiger partial charge on any atom is -0.323 e. The largest absolute Gasteiger partial charge is 0.323 e. The van der Waals surface area contributed by atoms with Gasteiger partial charge in [-0.25, -0.2) is 9.07 Å². The van der Waals surface area contributed by atoms with Crippen molar-refractivity contribution in [2.45, 2.75) is 32.2 Å². The van der Waals surface area contributed by atoms with E-state index in [1.165, 1.54) is 23.9 Å². The first-order valence-electron chi connectivity index (χ1n) is 8.42. The predicted molar refractivity (Wildman–Crippen MR) is 101 cm³/mol. The number of anilines is 1. The van der Waals surface area contributed by atoms with Crippen LogP contribution in [0.2, 0.25) is 0 Å². The molecule has 0 saturated carbocycles. The van der Waals surface area contributed by atoms with Crippen LogP contribution in [0.3, 0.4) is 0 Å². The number of carbonyl (C=O) groups is 1. The van der Waals surface area contributed by atoms with Gasteiger partial charge in [0.15, 0.2) is 5.82 Å². The summed E-state index contributed by atoms with van der Waals surface area (Å²) in [5, 5.41) is 18.6. The van der Waals surface area contributed by atoms with Crippen LogP contribution in [0.15, 0.2) is 36.7 Å². The zero-order valence-electron chi connectivity index (χ0n) is 15.0. The quantitative estimate of drug-likeness (QED) is 0.637. The molecule has 1 amide bonds. The minimum atomic E-state index is -0.284. The summed E-state index contributed by atoms with van der Waals surface area (Å²) < 4.78 is 16.6. The van der Waals surface area contributed by atoms with Gasteiger partial charge in [0.25, 0.3) is 0 Å². The van der Waals surface area contributed by atoms with Gasteiger partial charge in [-0.05, 0) is 42.0 Å². The monoisotopic (exact) mass is 389 g/mol. The Balaban J connectivity index is 1.47. The van der Waals surface area contributed by atoms with Crippen molar-refractivity contribution < 1.29 is 9.18 Å². The second-order valence-corrected chi connectivity index (χ2v) is 7.22. The van der Waals surface area contributed by atoms with Crippen molar-refractivity contribution in [2.75, 3.05) is 11.1 Å². The molecule has 3 rings (SSSR count). The maximum atomic E-state index is 13.2. The predicted octanol–water partition coefficient (Wildman–Crippen LogP) is 2.51. The van der Waals surface area contributed by atoms with Crippen molar-refractivity contribution >= 4 is 23.4 Å². The topological polar surface area (TPSA) is 90.5 Å². The highest BCUT2D eigenvalue weighted by molar-refractivity contribution is 7.99. The second kappa shape index (κ2) is 8.76. The Kier molecular flexibility index (Phi) is 6.17. The van der Waals surface area contributed by atoms with E-state index < -0.39 is 0 Å². The average molecular weight is 389 g/mol. The Labute approximate surface area is 160 Å². The van der Waals surface area contributed by atoms with Crippen molar-refractivity contribution in [3.63, 3.8) is 0 Å². The number of halogens is 1. The highest BCUT2D eigenvalue weighted by Gasteiger charge is 2.11. The lowest BCUT2D eigenvalue weighted by Crippen LogP contribution is -2.14. The number of nitrogens with one attached hydrogen (secondary N) is 1. The molecule has 0 saturated heterocycles. The summed E-state index contributed by atoms with van der Waals surface area (Å²) in [6.45, 7) is 4.43. The molecule has 27 heavy (non-hydrogen) atoms. The molecule has 0 atom stereocenters. The number of aromatic nitrogens is 6. The summed E-state index contributed by atoms with van der Waals surface area (Å²) >= 11 is 1.44. The van der Waals surface area contributed by atoms with Crippen molar-refractivity contribution in [1.82, 2.24) is 30.0 Å². The molecule has 8 nitrogen and oxygen atoms in total. The third kappa shape index (κ3) is 5.36. The third-order valence-corrected chi connectivity index (χ3v) is 4.59. The Hall–Kier alpha value is -2.75. The summed E-state index contributed by atoms with van der Waals surface area (Å²) in [5.74, 6) is 1.16. The number of amides is 1.